The van der Waals surface area contributed by atoms with Crippen molar-refractivity contribution in [3.63, 3.8) is 0 Å². The third kappa shape index (κ3) is 4.36. The van der Waals surface area contributed by atoms with Crippen molar-refractivity contribution in [2.24, 2.45) is 5.92 Å². The van der Waals surface area contributed by atoms with E-state index in [0.717, 1.165) is 44.1 Å². The lowest BCUT2D eigenvalue weighted by Crippen LogP contribution is -2.54. The second-order valence-electron chi connectivity index (χ2n) is 8.90. The van der Waals surface area contributed by atoms with Crippen LogP contribution in [0.25, 0.3) is 11.5 Å². The molecule has 10 heteroatoms. The molecular weight excluding hydrogens is 434 g/mol. The molecule has 33 heavy (non-hydrogen) atoms. The molecule has 1 saturated heterocycles. The van der Waals surface area contributed by atoms with Crippen LogP contribution in [0, 0.1) is 5.92 Å². The van der Waals surface area contributed by atoms with Gasteiger partial charge in [-0.05, 0) is 43.4 Å². The lowest BCUT2D eigenvalue weighted by atomic mass is 9.88. The number of hydrogen-bond acceptors (Lipinski definition) is 6. The van der Waals surface area contributed by atoms with Crippen LogP contribution in [0.3, 0.4) is 0 Å². The SMILES string of the molecule is O=C(N[C@@H]1CCCC[C@H]1N1Cc2ccc(-c3nnc(C(F)F)o3)cc2C1=O)C1CCOCC1. The van der Waals surface area contributed by atoms with Crippen molar-refractivity contribution in [2.45, 2.75) is 63.6 Å². The summed E-state index contributed by atoms with van der Waals surface area (Å²) in [4.78, 5) is 28.0. The Bertz CT molecular complexity index is 1040. The van der Waals surface area contributed by atoms with Crippen LogP contribution in [0.5, 0.6) is 0 Å². The number of aromatic nitrogens is 2. The Labute approximate surface area is 189 Å². The first kappa shape index (κ1) is 21.9. The highest BCUT2D eigenvalue weighted by Gasteiger charge is 2.39. The molecule has 3 heterocycles. The number of carbonyl (C=O) groups is 2. The van der Waals surface area contributed by atoms with Gasteiger partial charge in [-0.25, -0.2) is 0 Å². The summed E-state index contributed by atoms with van der Waals surface area (Å²) >= 11 is 0. The van der Waals surface area contributed by atoms with E-state index in [0.29, 0.717) is 30.9 Å². The zero-order chi connectivity index (χ0) is 22.9. The molecule has 0 spiro atoms. The molecule has 1 aromatic carbocycles. The van der Waals surface area contributed by atoms with Gasteiger partial charge in [0.25, 0.3) is 11.8 Å². The topological polar surface area (TPSA) is 97.6 Å². The zero-order valence-electron chi connectivity index (χ0n) is 18.1. The highest BCUT2D eigenvalue weighted by atomic mass is 19.3. The van der Waals surface area contributed by atoms with Gasteiger partial charge in [-0.1, -0.05) is 18.9 Å². The molecule has 2 fully saturated rings. The molecule has 1 saturated carbocycles. The van der Waals surface area contributed by atoms with E-state index in [4.69, 9.17) is 9.15 Å². The number of halogens is 2. The molecule has 0 unspecified atom stereocenters. The third-order valence-corrected chi connectivity index (χ3v) is 6.87. The molecule has 1 aromatic heterocycles. The van der Waals surface area contributed by atoms with Gasteiger partial charge in [0.1, 0.15) is 0 Å². The van der Waals surface area contributed by atoms with Gasteiger partial charge < -0.3 is 19.4 Å². The van der Waals surface area contributed by atoms with E-state index < -0.39 is 12.3 Å². The van der Waals surface area contributed by atoms with Crippen LogP contribution >= 0.6 is 0 Å². The Balaban J connectivity index is 1.32. The number of alkyl halides is 2. The molecule has 5 rings (SSSR count). The van der Waals surface area contributed by atoms with E-state index in [1.807, 2.05) is 4.90 Å². The summed E-state index contributed by atoms with van der Waals surface area (Å²) in [6, 6.07) is 4.95. The van der Waals surface area contributed by atoms with Crippen LogP contribution < -0.4 is 5.32 Å². The molecule has 3 aliphatic rings. The quantitative estimate of drug-likeness (QED) is 0.734. The number of amides is 2. The van der Waals surface area contributed by atoms with Crippen molar-refractivity contribution in [1.82, 2.24) is 20.4 Å². The summed E-state index contributed by atoms with van der Waals surface area (Å²) < 4.78 is 36.0. The summed E-state index contributed by atoms with van der Waals surface area (Å²) in [5.74, 6) is -0.907. The van der Waals surface area contributed by atoms with Crippen molar-refractivity contribution >= 4 is 11.8 Å². The van der Waals surface area contributed by atoms with E-state index >= 15 is 0 Å². The van der Waals surface area contributed by atoms with E-state index in [-0.39, 0.29) is 35.7 Å². The number of nitrogens with one attached hydrogen (secondary N) is 1. The Hall–Kier alpha value is -2.88. The minimum Gasteiger partial charge on any atom is -0.415 e. The van der Waals surface area contributed by atoms with Gasteiger partial charge in [-0.15, -0.1) is 10.2 Å². The Morgan fingerprint density at radius 1 is 1.12 bits per heavy atom. The van der Waals surface area contributed by atoms with Gasteiger partial charge in [0, 0.05) is 42.8 Å². The molecule has 2 amide bonds. The summed E-state index contributed by atoms with van der Waals surface area (Å²) in [5.41, 5.74) is 1.79. The number of nitrogens with zero attached hydrogens (tertiary/aromatic N) is 3. The minimum absolute atomic E-state index is 0.0390. The fourth-order valence-corrected chi connectivity index (χ4v) is 5.08. The molecule has 2 aromatic rings. The fraction of sp³-hybridized carbons (Fsp3) is 0.565. The first-order valence-corrected chi connectivity index (χ1v) is 11.4. The van der Waals surface area contributed by atoms with Gasteiger partial charge in [-0.2, -0.15) is 8.78 Å². The Morgan fingerprint density at radius 2 is 1.91 bits per heavy atom. The molecule has 1 N–H and O–H groups in total. The molecule has 0 bridgehead atoms. The maximum atomic E-state index is 13.3. The number of hydrogen-bond donors (Lipinski definition) is 1. The molecule has 176 valence electrons. The van der Waals surface area contributed by atoms with E-state index in [1.165, 1.54) is 0 Å². The van der Waals surface area contributed by atoms with Gasteiger partial charge in [0.2, 0.25) is 11.8 Å². The zero-order valence-corrected chi connectivity index (χ0v) is 18.1. The Morgan fingerprint density at radius 3 is 2.67 bits per heavy atom. The number of rotatable bonds is 5. The van der Waals surface area contributed by atoms with E-state index in [2.05, 4.69) is 15.5 Å². The fourth-order valence-electron chi connectivity index (χ4n) is 5.08. The Kier molecular flexibility index (Phi) is 6.09. The number of benzene rings is 1. The first-order valence-electron chi connectivity index (χ1n) is 11.4. The highest BCUT2D eigenvalue weighted by Crippen LogP contribution is 2.34. The van der Waals surface area contributed by atoms with Crippen molar-refractivity contribution in [3.05, 3.63) is 35.2 Å². The summed E-state index contributed by atoms with van der Waals surface area (Å²) in [6.07, 6.45) is 2.27. The average Bonchev–Trinajstić information content (AvgIpc) is 3.45. The normalized spacial score (nSPS) is 23.7. The number of carbonyl (C=O) groups excluding carboxylic acids is 2. The van der Waals surface area contributed by atoms with Crippen molar-refractivity contribution in [3.8, 4) is 11.5 Å². The molecular formula is C23H26F2N4O4. The second kappa shape index (κ2) is 9.17. The average molecular weight is 460 g/mol. The first-order chi connectivity index (χ1) is 16.0. The van der Waals surface area contributed by atoms with Crippen molar-refractivity contribution in [1.29, 1.82) is 0 Å². The van der Waals surface area contributed by atoms with Gasteiger partial charge in [-0.3, -0.25) is 9.59 Å². The van der Waals surface area contributed by atoms with Crippen LogP contribution in [0.4, 0.5) is 8.78 Å². The third-order valence-electron chi connectivity index (χ3n) is 6.87. The summed E-state index contributed by atoms with van der Waals surface area (Å²) in [6.45, 7) is 1.66. The van der Waals surface area contributed by atoms with Crippen LogP contribution in [0.2, 0.25) is 0 Å². The van der Waals surface area contributed by atoms with Crippen molar-refractivity contribution in [2.75, 3.05) is 13.2 Å². The maximum absolute atomic E-state index is 13.3. The molecule has 2 atom stereocenters. The predicted molar refractivity (Wildman–Crippen MR) is 112 cm³/mol. The lowest BCUT2D eigenvalue weighted by molar-refractivity contribution is -0.129. The summed E-state index contributed by atoms with van der Waals surface area (Å²) in [5, 5.41) is 10.3. The minimum atomic E-state index is -2.85. The van der Waals surface area contributed by atoms with E-state index in [9.17, 15) is 18.4 Å². The van der Waals surface area contributed by atoms with Gasteiger partial charge in [0.15, 0.2) is 0 Å². The van der Waals surface area contributed by atoms with Crippen molar-refractivity contribution < 1.29 is 27.5 Å². The van der Waals surface area contributed by atoms with Crippen LogP contribution in [-0.4, -0.2) is 52.2 Å². The monoisotopic (exact) mass is 460 g/mol. The van der Waals surface area contributed by atoms with Gasteiger partial charge in [0.05, 0.1) is 6.04 Å². The number of fused-ring (bicyclic) bond motifs is 1. The highest BCUT2D eigenvalue weighted by molar-refractivity contribution is 5.99. The van der Waals surface area contributed by atoms with E-state index in [1.54, 1.807) is 18.2 Å². The second-order valence-corrected chi connectivity index (χ2v) is 8.90. The van der Waals surface area contributed by atoms with Crippen LogP contribution in [0.15, 0.2) is 22.6 Å². The molecule has 0 radical (unpaired) electrons. The largest absolute Gasteiger partial charge is 0.415 e. The standard InChI is InChI=1S/C23H26F2N4O4/c24-19(25)22-28-27-21(33-22)14-5-6-15-12-29(23(31)16(15)11-14)18-4-2-1-3-17(18)26-20(30)13-7-9-32-10-8-13/h5-6,11,13,17-19H,1-4,7-10,12H2,(H,26,30)/t17-,18-/m1/s1. The van der Waals surface area contributed by atoms with Crippen LogP contribution in [0.1, 0.15) is 66.8 Å². The molecule has 2 aliphatic heterocycles. The smallest absolute Gasteiger partial charge is 0.314 e. The summed E-state index contributed by atoms with van der Waals surface area (Å²) in [7, 11) is 0. The lowest BCUT2D eigenvalue weighted by Gasteiger charge is -2.39. The number of ether oxygens (including phenoxy) is 1. The van der Waals surface area contributed by atoms with Gasteiger partial charge >= 0.3 is 6.43 Å². The molecule has 8 nitrogen and oxygen atoms in total. The maximum Gasteiger partial charge on any atom is 0.314 e. The van der Waals surface area contributed by atoms with Crippen LogP contribution in [-0.2, 0) is 16.1 Å². The predicted octanol–water partition coefficient (Wildman–Crippen LogP) is 3.48. The molecule has 1 aliphatic carbocycles.